The van der Waals surface area contributed by atoms with Crippen LogP contribution >= 0.6 is 27.3 Å². The van der Waals surface area contributed by atoms with Crippen LogP contribution in [0.1, 0.15) is 30.9 Å². The van der Waals surface area contributed by atoms with Crippen LogP contribution in [0.2, 0.25) is 0 Å². The fourth-order valence-corrected chi connectivity index (χ4v) is 3.63. The summed E-state index contributed by atoms with van der Waals surface area (Å²) in [4.78, 5) is 16.7. The van der Waals surface area contributed by atoms with Crippen molar-refractivity contribution in [3.63, 3.8) is 0 Å². The van der Waals surface area contributed by atoms with E-state index in [1.165, 1.54) is 11.3 Å². The monoisotopic (exact) mass is 444 g/mol. The Morgan fingerprint density at radius 2 is 1.96 bits per heavy atom. The number of nitrogens with zero attached hydrogens (tertiary/aromatic N) is 1. The molecule has 4 nitrogen and oxygen atoms in total. The van der Waals surface area contributed by atoms with E-state index in [4.69, 9.17) is 4.74 Å². The molecule has 1 aromatic heterocycles. The van der Waals surface area contributed by atoms with Crippen molar-refractivity contribution in [3.8, 4) is 17.0 Å². The molecule has 1 heterocycles. The number of nitrogens with one attached hydrogen (secondary N) is 1. The maximum Gasteiger partial charge on any atom is 0.264 e. The minimum absolute atomic E-state index is 0.0453. The molecule has 0 aliphatic rings. The van der Waals surface area contributed by atoms with Crippen molar-refractivity contribution >= 4 is 38.3 Å². The molecule has 140 valence electrons. The van der Waals surface area contributed by atoms with E-state index in [0.29, 0.717) is 11.0 Å². The van der Waals surface area contributed by atoms with Gasteiger partial charge in [-0.05, 0) is 42.2 Å². The van der Waals surface area contributed by atoms with Crippen molar-refractivity contribution in [1.82, 2.24) is 4.98 Å². The van der Waals surface area contributed by atoms with Crippen LogP contribution in [0.15, 0.2) is 52.3 Å². The highest BCUT2D eigenvalue weighted by Gasteiger charge is 2.12. The van der Waals surface area contributed by atoms with Gasteiger partial charge in [-0.1, -0.05) is 54.0 Å². The Labute approximate surface area is 171 Å². The van der Waals surface area contributed by atoms with Crippen molar-refractivity contribution in [1.29, 1.82) is 0 Å². The zero-order valence-electron chi connectivity index (χ0n) is 15.5. The van der Waals surface area contributed by atoms with E-state index in [1.807, 2.05) is 42.6 Å². The molecule has 0 bridgehead atoms. The lowest BCUT2D eigenvalue weighted by molar-refractivity contribution is -0.118. The largest absolute Gasteiger partial charge is 0.483 e. The minimum Gasteiger partial charge on any atom is -0.483 e. The summed E-state index contributed by atoms with van der Waals surface area (Å²) in [6, 6.07) is 14.0. The summed E-state index contributed by atoms with van der Waals surface area (Å²) in [7, 11) is 0. The lowest BCUT2D eigenvalue weighted by atomic mass is 10.0. The number of hydrogen-bond donors (Lipinski definition) is 1. The average molecular weight is 445 g/mol. The van der Waals surface area contributed by atoms with Gasteiger partial charge in [0.2, 0.25) is 0 Å². The Balaban J connectivity index is 1.62. The molecule has 1 N–H and O–H groups in total. The zero-order valence-corrected chi connectivity index (χ0v) is 17.9. The van der Waals surface area contributed by atoms with Crippen molar-refractivity contribution < 1.29 is 9.53 Å². The number of amides is 1. The number of aromatic nitrogens is 1. The molecule has 0 aliphatic carbocycles. The molecule has 2 aromatic carbocycles. The number of rotatable bonds is 6. The average Bonchev–Trinajstić information content (AvgIpc) is 3.08. The summed E-state index contributed by atoms with van der Waals surface area (Å²) in [5.41, 5.74) is 4.05. The van der Waals surface area contributed by atoms with Crippen molar-refractivity contribution in [2.24, 2.45) is 0 Å². The SMILES string of the molecule is Cc1ccc(C(C)C)c(OCC(=O)Nc2nc(-c3ccc(Br)cc3)cs2)c1. The summed E-state index contributed by atoms with van der Waals surface area (Å²) in [5, 5.41) is 5.30. The van der Waals surface area contributed by atoms with Crippen molar-refractivity contribution in [2.75, 3.05) is 11.9 Å². The van der Waals surface area contributed by atoms with Crippen molar-refractivity contribution in [3.05, 3.63) is 63.4 Å². The number of aryl methyl sites for hydroxylation is 1. The molecule has 0 radical (unpaired) electrons. The molecule has 0 saturated heterocycles. The predicted molar refractivity (Wildman–Crippen MR) is 115 cm³/mol. The Kier molecular flexibility index (Phi) is 6.29. The fourth-order valence-electron chi connectivity index (χ4n) is 2.63. The topological polar surface area (TPSA) is 51.2 Å². The Bertz CT molecular complexity index is 936. The third-order valence-electron chi connectivity index (χ3n) is 4.04. The molecule has 27 heavy (non-hydrogen) atoms. The molecule has 6 heteroatoms. The summed E-state index contributed by atoms with van der Waals surface area (Å²) in [5.74, 6) is 0.869. The number of hydrogen-bond acceptors (Lipinski definition) is 4. The lowest BCUT2D eigenvalue weighted by Gasteiger charge is -2.14. The summed E-state index contributed by atoms with van der Waals surface area (Å²) < 4.78 is 6.80. The van der Waals surface area contributed by atoms with Crippen LogP contribution in [-0.4, -0.2) is 17.5 Å². The Morgan fingerprint density at radius 3 is 2.67 bits per heavy atom. The third-order valence-corrected chi connectivity index (χ3v) is 5.33. The highest BCUT2D eigenvalue weighted by Crippen LogP contribution is 2.28. The zero-order chi connectivity index (χ0) is 19.4. The number of anilines is 1. The van der Waals surface area contributed by atoms with Crippen LogP contribution in [0, 0.1) is 6.92 Å². The maximum atomic E-state index is 12.3. The molecule has 0 fully saturated rings. The van der Waals surface area contributed by atoms with Gasteiger partial charge in [-0.2, -0.15) is 0 Å². The van der Waals surface area contributed by atoms with Gasteiger partial charge >= 0.3 is 0 Å². The van der Waals surface area contributed by atoms with E-state index < -0.39 is 0 Å². The number of thiazole rings is 1. The van der Waals surface area contributed by atoms with Gasteiger partial charge in [0, 0.05) is 15.4 Å². The van der Waals surface area contributed by atoms with Gasteiger partial charge in [0.25, 0.3) is 5.91 Å². The molecule has 3 rings (SSSR count). The summed E-state index contributed by atoms with van der Waals surface area (Å²) >= 11 is 4.82. The van der Waals surface area contributed by atoms with Gasteiger partial charge in [0.05, 0.1) is 5.69 Å². The first kappa shape index (κ1) is 19.6. The second kappa shape index (κ2) is 8.67. The predicted octanol–water partition coefficient (Wildman–Crippen LogP) is 6.02. The first-order valence-corrected chi connectivity index (χ1v) is 10.3. The van der Waals surface area contributed by atoms with Gasteiger partial charge in [-0.15, -0.1) is 11.3 Å². The van der Waals surface area contributed by atoms with Gasteiger partial charge in [0.1, 0.15) is 5.75 Å². The summed E-state index contributed by atoms with van der Waals surface area (Å²) in [6.45, 7) is 6.18. The minimum atomic E-state index is -0.220. The molecule has 0 atom stereocenters. The molecule has 0 saturated carbocycles. The Hall–Kier alpha value is -2.18. The lowest BCUT2D eigenvalue weighted by Crippen LogP contribution is -2.20. The second-order valence-electron chi connectivity index (χ2n) is 6.58. The highest BCUT2D eigenvalue weighted by atomic mass is 79.9. The Morgan fingerprint density at radius 1 is 1.22 bits per heavy atom. The van der Waals surface area contributed by atoms with Crippen LogP contribution in [0.4, 0.5) is 5.13 Å². The standard InChI is InChI=1S/C21H21BrN2O2S/c1-13(2)17-9-4-14(3)10-19(17)26-11-20(25)24-21-23-18(12-27-21)15-5-7-16(22)8-6-15/h4-10,12-13H,11H2,1-3H3,(H,23,24,25). The van der Waals surface area contributed by atoms with E-state index >= 15 is 0 Å². The number of benzene rings is 2. The molecule has 0 aliphatic heterocycles. The van der Waals surface area contributed by atoms with Crippen LogP contribution in [0.25, 0.3) is 11.3 Å². The highest BCUT2D eigenvalue weighted by molar-refractivity contribution is 9.10. The van der Waals surface area contributed by atoms with E-state index in [1.54, 1.807) is 0 Å². The van der Waals surface area contributed by atoms with Crippen LogP contribution in [0.5, 0.6) is 5.75 Å². The number of ether oxygens (including phenoxy) is 1. The summed E-state index contributed by atoms with van der Waals surface area (Å²) in [6.07, 6.45) is 0. The van der Waals surface area contributed by atoms with Gasteiger partial charge < -0.3 is 4.74 Å². The quantitative estimate of drug-likeness (QED) is 0.505. The molecule has 0 spiro atoms. The number of halogens is 1. The fraction of sp³-hybridized carbons (Fsp3) is 0.238. The van der Waals surface area contributed by atoms with E-state index in [-0.39, 0.29) is 12.5 Å². The molecular formula is C21H21BrN2O2S. The van der Waals surface area contributed by atoms with E-state index in [0.717, 1.165) is 32.6 Å². The van der Waals surface area contributed by atoms with Crippen molar-refractivity contribution in [2.45, 2.75) is 26.7 Å². The molecule has 0 unspecified atom stereocenters. The second-order valence-corrected chi connectivity index (χ2v) is 8.35. The van der Waals surface area contributed by atoms with Crippen LogP contribution in [-0.2, 0) is 4.79 Å². The van der Waals surface area contributed by atoms with Gasteiger partial charge in [-0.25, -0.2) is 4.98 Å². The van der Waals surface area contributed by atoms with Gasteiger partial charge in [-0.3, -0.25) is 10.1 Å². The van der Waals surface area contributed by atoms with Crippen LogP contribution in [0.3, 0.4) is 0 Å². The normalized spacial score (nSPS) is 10.9. The van der Waals surface area contributed by atoms with Gasteiger partial charge in [0.15, 0.2) is 11.7 Å². The van der Waals surface area contributed by atoms with Crippen LogP contribution < -0.4 is 10.1 Å². The van der Waals surface area contributed by atoms with E-state index in [2.05, 4.69) is 52.2 Å². The number of carbonyl (C=O) groups excluding carboxylic acids is 1. The maximum absolute atomic E-state index is 12.3. The third kappa shape index (κ3) is 5.17. The molecule has 1 amide bonds. The van der Waals surface area contributed by atoms with E-state index in [9.17, 15) is 4.79 Å². The number of carbonyl (C=O) groups is 1. The smallest absolute Gasteiger partial charge is 0.264 e. The first-order valence-electron chi connectivity index (χ1n) is 8.67. The molecular weight excluding hydrogens is 424 g/mol. The first-order chi connectivity index (χ1) is 12.9. The molecule has 3 aromatic rings.